The van der Waals surface area contributed by atoms with Gasteiger partial charge in [0, 0.05) is 29.8 Å². The molecule has 7 heteroatoms. The van der Waals surface area contributed by atoms with Gasteiger partial charge in [-0.3, -0.25) is 4.68 Å². The van der Waals surface area contributed by atoms with E-state index in [0.717, 1.165) is 16.7 Å². The zero-order valence-electron chi connectivity index (χ0n) is 17.1. The number of hydrogen-bond acceptors (Lipinski definition) is 6. The summed E-state index contributed by atoms with van der Waals surface area (Å²) in [4.78, 5) is 23.7. The normalized spacial score (nSPS) is 15.8. The van der Waals surface area contributed by atoms with E-state index in [1.165, 1.54) is 6.08 Å². The highest BCUT2D eigenvalue weighted by Gasteiger charge is 2.29. The summed E-state index contributed by atoms with van der Waals surface area (Å²) in [5.74, 6) is -0.434. The molecule has 0 amide bonds. The summed E-state index contributed by atoms with van der Waals surface area (Å²) < 4.78 is 17.3. The van der Waals surface area contributed by atoms with Gasteiger partial charge in [-0.25, -0.2) is 9.59 Å². The van der Waals surface area contributed by atoms with E-state index in [1.807, 2.05) is 65.5 Å². The molecule has 1 atom stereocenters. The Morgan fingerprint density at radius 3 is 2.71 bits per heavy atom. The van der Waals surface area contributed by atoms with Gasteiger partial charge in [0.05, 0.1) is 20.3 Å². The van der Waals surface area contributed by atoms with Gasteiger partial charge in [-0.1, -0.05) is 42.5 Å². The van der Waals surface area contributed by atoms with E-state index in [-0.39, 0.29) is 6.61 Å². The van der Waals surface area contributed by atoms with Crippen LogP contribution >= 0.6 is 0 Å². The Morgan fingerprint density at radius 2 is 1.97 bits per heavy atom. The minimum atomic E-state index is -0.841. The first-order valence-electron chi connectivity index (χ1n) is 9.94. The minimum Gasteiger partial charge on any atom is -0.496 e. The van der Waals surface area contributed by atoms with Crippen molar-refractivity contribution in [3.8, 4) is 17.0 Å². The molecule has 2 heterocycles. The van der Waals surface area contributed by atoms with Crippen molar-refractivity contribution in [1.29, 1.82) is 0 Å². The third-order valence-electron chi connectivity index (χ3n) is 4.88. The Balaban J connectivity index is 1.62. The summed E-state index contributed by atoms with van der Waals surface area (Å²) >= 11 is 0. The Kier molecular flexibility index (Phi) is 6.12. The highest BCUT2D eigenvalue weighted by molar-refractivity contribution is 5.91. The summed E-state index contributed by atoms with van der Waals surface area (Å²) in [5.41, 5.74) is 3.32. The van der Waals surface area contributed by atoms with Crippen molar-refractivity contribution < 1.29 is 23.8 Å². The lowest BCUT2D eigenvalue weighted by atomic mass is 10.1. The molecule has 7 nitrogen and oxygen atoms in total. The Morgan fingerprint density at radius 1 is 1.19 bits per heavy atom. The highest BCUT2D eigenvalue weighted by Crippen LogP contribution is 2.31. The number of hydrogen-bond donors (Lipinski definition) is 0. The van der Waals surface area contributed by atoms with Crippen LogP contribution in [0.25, 0.3) is 17.3 Å². The molecule has 0 radical (unpaired) electrons. The number of rotatable bonds is 7. The third kappa shape index (κ3) is 4.83. The molecule has 158 valence electrons. The number of carbonyl (C=O) groups excluding carboxylic acids is 2. The molecule has 2 aromatic carbocycles. The van der Waals surface area contributed by atoms with Gasteiger partial charge in [-0.2, -0.15) is 5.10 Å². The van der Waals surface area contributed by atoms with Gasteiger partial charge >= 0.3 is 11.9 Å². The van der Waals surface area contributed by atoms with Crippen LogP contribution in [0, 0.1) is 0 Å². The topological polar surface area (TPSA) is 79.7 Å². The fourth-order valence-corrected chi connectivity index (χ4v) is 3.38. The number of esters is 2. The van der Waals surface area contributed by atoms with Crippen LogP contribution in [-0.4, -0.2) is 41.5 Å². The molecule has 1 aliphatic rings. The van der Waals surface area contributed by atoms with Gasteiger partial charge in [-0.05, 0) is 23.8 Å². The average Bonchev–Trinajstić information content (AvgIpc) is 3.38. The van der Waals surface area contributed by atoms with Crippen LogP contribution in [0.15, 0.2) is 66.9 Å². The van der Waals surface area contributed by atoms with Crippen molar-refractivity contribution >= 4 is 18.0 Å². The summed E-state index contributed by atoms with van der Waals surface area (Å²) in [6.45, 7) is 0.847. The lowest BCUT2D eigenvalue weighted by Crippen LogP contribution is -2.21. The number of carbonyl (C=O) groups is 2. The molecule has 0 N–H and O–H groups in total. The SMILES string of the molecule is COc1ccccc1-c1nn(Cc2ccccc2)cc1/C=C/C(=O)O[C@@H]1CCOC1=O. The summed E-state index contributed by atoms with van der Waals surface area (Å²) in [6.07, 6.45) is 4.34. The fourth-order valence-electron chi connectivity index (χ4n) is 3.38. The first-order chi connectivity index (χ1) is 15.1. The van der Waals surface area contributed by atoms with Crippen molar-refractivity contribution in [3.05, 3.63) is 78.0 Å². The molecule has 3 aromatic rings. The molecular weight excluding hydrogens is 396 g/mol. The smallest absolute Gasteiger partial charge is 0.347 e. The van der Waals surface area contributed by atoms with Crippen molar-refractivity contribution in [3.63, 3.8) is 0 Å². The van der Waals surface area contributed by atoms with Crippen LogP contribution in [0.5, 0.6) is 5.75 Å². The lowest BCUT2D eigenvalue weighted by Gasteiger charge is -2.07. The van der Waals surface area contributed by atoms with Crippen LogP contribution in [0.2, 0.25) is 0 Å². The van der Waals surface area contributed by atoms with Gasteiger partial charge in [0.1, 0.15) is 11.4 Å². The van der Waals surface area contributed by atoms with Crippen LogP contribution in [-0.2, 0) is 25.6 Å². The van der Waals surface area contributed by atoms with E-state index in [0.29, 0.717) is 24.4 Å². The fraction of sp³-hybridized carbons (Fsp3) is 0.208. The number of para-hydroxylation sites is 1. The average molecular weight is 418 g/mol. The molecule has 1 saturated heterocycles. The van der Waals surface area contributed by atoms with Crippen LogP contribution < -0.4 is 4.74 Å². The Hall–Kier alpha value is -3.87. The highest BCUT2D eigenvalue weighted by atomic mass is 16.6. The van der Waals surface area contributed by atoms with Crippen molar-refractivity contribution in [2.45, 2.75) is 19.1 Å². The molecule has 0 aliphatic carbocycles. The van der Waals surface area contributed by atoms with Crippen LogP contribution in [0.3, 0.4) is 0 Å². The monoisotopic (exact) mass is 418 g/mol. The maximum Gasteiger partial charge on any atom is 0.347 e. The van der Waals surface area contributed by atoms with Gasteiger partial charge in [-0.15, -0.1) is 0 Å². The second kappa shape index (κ2) is 9.30. The predicted octanol–water partition coefficient (Wildman–Crippen LogP) is 3.48. The number of methoxy groups -OCH3 is 1. The quantitative estimate of drug-likeness (QED) is 0.432. The number of nitrogens with zero attached hydrogens (tertiary/aromatic N) is 2. The van der Waals surface area contributed by atoms with Crippen LogP contribution in [0.4, 0.5) is 0 Å². The van der Waals surface area contributed by atoms with Gasteiger partial charge in [0.15, 0.2) is 0 Å². The van der Waals surface area contributed by atoms with Gasteiger partial charge in [0.25, 0.3) is 0 Å². The Bertz CT molecular complexity index is 1100. The van der Waals surface area contributed by atoms with E-state index >= 15 is 0 Å². The zero-order chi connectivity index (χ0) is 21.6. The van der Waals surface area contributed by atoms with E-state index < -0.39 is 18.0 Å². The summed E-state index contributed by atoms with van der Waals surface area (Å²) in [6, 6.07) is 17.5. The first-order valence-corrected chi connectivity index (χ1v) is 9.94. The molecule has 1 aliphatic heterocycles. The summed E-state index contributed by atoms with van der Waals surface area (Å²) in [7, 11) is 1.60. The predicted molar refractivity (Wildman–Crippen MR) is 114 cm³/mol. The van der Waals surface area contributed by atoms with Gasteiger partial charge in [0.2, 0.25) is 6.10 Å². The van der Waals surface area contributed by atoms with Gasteiger partial charge < -0.3 is 14.2 Å². The lowest BCUT2D eigenvalue weighted by molar-refractivity contribution is -0.156. The molecule has 0 spiro atoms. The van der Waals surface area contributed by atoms with Crippen molar-refractivity contribution in [2.24, 2.45) is 0 Å². The molecule has 0 unspecified atom stereocenters. The Labute approximate surface area is 179 Å². The maximum atomic E-state index is 12.2. The summed E-state index contributed by atoms with van der Waals surface area (Å²) in [5, 5.41) is 4.74. The number of ether oxygens (including phenoxy) is 3. The van der Waals surface area contributed by atoms with Crippen molar-refractivity contribution in [2.75, 3.05) is 13.7 Å². The maximum absolute atomic E-state index is 12.2. The number of cyclic esters (lactones) is 1. The largest absolute Gasteiger partial charge is 0.496 e. The van der Waals surface area contributed by atoms with E-state index in [1.54, 1.807) is 13.2 Å². The molecule has 0 saturated carbocycles. The molecule has 1 aromatic heterocycles. The van der Waals surface area contributed by atoms with E-state index in [9.17, 15) is 9.59 Å². The molecule has 1 fully saturated rings. The first kappa shape index (κ1) is 20.4. The molecular formula is C24H22N2O5. The number of benzene rings is 2. The molecule has 0 bridgehead atoms. The van der Waals surface area contributed by atoms with E-state index in [2.05, 4.69) is 0 Å². The molecule has 31 heavy (non-hydrogen) atoms. The number of aromatic nitrogens is 2. The second-order valence-electron chi connectivity index (χ2n) is 7.03. The van der Waals surface area contributed by atoms with Crippen LogP contribution in [0.1, 0.15) is 17.5 Å². The standard InChI is InChI=1S/C24H22N2O5/c1-29-20-10-6-5-9-19(20)23-18(11-12-22(27)31-21-13-14-30-24(21)28)16-26(25-23)15-17-7-3-2-4-8-17/h2-12,16,21H,13-15H2,1H3/b12-11+/t21-/m1/s1. The third-order valence-corrected chi connectivity index (χ3v) is 4.88. The zero-order valence-corrected chi connectivity index (χ0v) is 17.1. The van der Waals surface area contributed by atoms with E-state index in [4.69, 9.17) is 19.3 Å². The van der Waals surface area contributed by atoms with Crippen molar-refractivity contribution in [1.82, 2.24) is 9.78 Å². The minimum absolute atomic E-state index is 0.269. The second-order valence-corrected chi connectivity index (χ2v) is 7.03. The molecule has 4 rings (SSSR count).